The molecule has 2 N–H and O–H groups in total. The molecule has 1 aliphatic heterocycles. The molecule has 2 heterocycles. The average molecular weight is 425 g/mol. The van der Waals surface area contributed by atoms with E-state index in [-0.39, 0.29) is 0 Å². The molecule has 1 amide bonds. The molecule has 3 aromatic rings. The summed E-state index contributed by atoms with van der Waals surface area (Å²) in [6.45, 7) is 5.55. The number of allylic oxidation sites excluding steroid dienone is 1. The maximum atomic E-state index is 11.3. The van der Waals surface area contributed by atoms with Crippen LogP contribution in [-0.2, 0) is 13.0 Å². The van der Waals surface area contributed by atoms with Crippen molar-refractivity contribution >= 4 is 11.5 Å². The molecule has 0 bridgehead atoms. The molecule has 0 radical (unpaired) electrons. The van der Waals surface area contributed by atoms with Gasteiger partial charge in [-0.15, -0.1) is 0 Å². The molecule has 32 heavy (non-hydrogen) atoms. The van der Waals surface area contributed by atoms with E-state index in [0.29, 0.717) is 5.56 Å². The third-order valence-electron chi connectivity index (χ3n) is 6.53. The van der Waals surface area contributed by atoms with Gasteiger partial charge in [0.2, 0.25) is 5.91 Å². The molecule has 1 aromatic heterocycles. The lowest BCUT2D eigenvalue weighted by molar-refractivity contribution is 0.100. The Morgan fingerprint density at radius 2 is 1.62 bits per heavy atom. The first kappa shape index (κ1) is 20.6. The van der Waals surface area contributed by atoms with Crippen LogP contribution in [0.5, 0.6) is 0 Å². The molecule has 1 fully saturated rings. The van der Waals surface area contributed by atoms with Crippen LogP contribution in [0.4, 0.5) is 0 Å². The van der Waals surface area contributed by atoms with Gasteiger partial charge in [-0.05, 0) is 47.5 Å². The van der Waals surface area contributed by atoms with Crippen molar-refractivity contribution in [3.05, 3.63) is 94.8 Å². The largest absolute Gasteiger partial charge is 0.366 e. The van der Waals surface area contributed by atoms with E-state index >= 15 is 0 Å². The molecule has 5 rings (SSSR count). The van der Waals surface area contributed by atoms with Crippen LogP contribution in [0.3, 0.4) is 0 Å². The molecule has 2 aliphatic rings. The lowest BCUT2D eigenvalue weighted by Crippen LogP contribution is -2.43. The van der Waals surface area contributed by atoms with Crippen LogP contribution in [0.15, 0.2) is 66.9 Å². The van der Waals surface area contributed by atoms with Crippen LogP contribution in [0.1, 0.15) is 32.7 Å². The standard InChI is InChI=1S/C27H28N4O/c1-30-12-14-31(15-13-30)18-19-2-4-21(5-3-19)24-10-11-26-25(24)16-23(17-29-26)20-6-8-22(9-7-20)27(28)32/h2-10,16-17H,11-15,18H2,1H3,(H2,28,32). The summed E-state index contributed by atoms with van der Waals surface area (Å²) in [5, 5.41) is 0. The van der Waals surface area contributed by atoms with Gasteiger partial charge in [0.05, 0.1) is 5.69 Å². The van der Waals surface area contributed by atoms with Gasteiger partial charge in [0.1, 0.15) is 0 Å². The average Bonchev–Trinajstić information content (AvgIpc) is 3.24. The number of carbonyl (C=O) groups excluding carboxylic acids is 1. The van der Waals surface area contributed by atoms with Crippen molar-refractivity contribution in [2.45, 2.75) is 13.0 Å². The SMILES string of the molecule is CN1CCN(Cc2ccc(C3=CCc4ncc(-c5ccc(C(N)=O)cc5)cc43)cc2)CC1. The maximum Gasteiger partial charge on any atom is 0.248 e. The van der Waals surface area contributed by atoms with Gasteiger partial charge in [0, 0.05) is 62.0 Å². The minimum atomic E-state index is -0.412. The smallest absolute Gasteiger partial charge is 0.248 e. The van der Waals surface area contributed by atoms with E-state index in [4.69, 9.17) is 10.7 Å². The topological polar surface area (TPSA) is 62.5 Å². The Hall–Kier alpha value is -3.28. The van der Waals surface area contributed by atoms with Crippen LogP contribution < -0.4 is 5.73 Å². The van der Waals surface area contributed by atoms with Gasteiger partial charge in [-0.25, -0.2) is 0 Å². The van der Waals surface area contributed by atoms with Gasteiger partial charge in [-0.3, -0.25) is 14.7 Å². The Morgan fingerprint density at radius 1 is 0.938 bits per heavy atom. The number of hydrogen-bond acceptors (Lipinski definition) is 4. The zero-order valence-corrected chi connectivity index (χ0v) is 18.4. The van der Waals surface area contributed by atoms with Gasteiger partial charge < -0.3 is 10.6 Å². The lowest BCUT2D eigenvalue weighted by Gasteiger charge is -2.32. The number of piperazine rings is 1. The summed E-state index contributed by atoms with van der Waals surface area (Å²) in [5.41, 5.74) is 14.1. The summed E-state index contributed by atoms with van der Waals surface area (Å²) in [5.74, 6) is -0.412. The van der Waals surface area contributed by atoms with Gasteiger partial charge in [-0.2, -0.15) is 0 Å². The molecule has 0 spiro atoms. The number of pyridine rings is 1. The summed E-state index contributed by atoms with van der Waals surface area (Å²) >= 11 is 0. The zero-order valence-electron chi connectivity index (χ0n) is 18.4. The summed E-state index contributed by atoms with van der Waals surface area (Å²) in [4.78, 5) is 21.0. The Morgan fingerprint density at radius 3 is 2.31 bits per heavy atom. The number of likely N-dealkylation sites (N-methyl/N-ethyl adjacent to an activating group) is 1. The van der Waals surface area contributed by atoms with E-state index in [1.54, 1.807) is 12.1 Å². The van der Waals surface area contributed by atoms with Crippen LogP contribution >= 0.6 is 0 Å². The van der Waals surface area contributed by atoms with Crippen LogP contribution in [0.25, 0.3) is 16.7 Å². The van der Waals surface area contributed by atoms with Crippen molar-refractivity contribution < 1.29 is 4.79 Å². The number of amides is 1. The predicted molar refractivity (Wildman–Crippen MR) is 128 cm³/mol. The minimum Gasteiger partial charge on any atom is -0.366 e. The van der Waals surface area contributed by atoms with E-state index in [1.807, 2.05) is 18.3 Å². The summed E-state index contributed by atoms with van der Waals surface area (Å²) in [6, 6.07) is 18.6. The Balaban J connectivity index is 1.34. The summed E-state index contributed by atoms with van der Waals surface area (Å²) in [7, 11) is 2.19. The van der Waals surface area contributed by atoms with Crippen molar-refractivity contribution in [1.29, 1.82) is 0 Å². The molecule has 1 aliphatic carbocycles. The fourth-order valence-electron chi connectivity index (χ4n) is 4.51. The van der Waals surface area contributed by atoms with E-state index in [9.17, 15) is 4.79 Å². The van der Waals surface area contributed by atoms with Crippen LogP contribution in [0, 0.1) is 0 Å². The van der Waals surface area contributed by atoms with Crippen molar-refractivity contribution in [3.8, 4) is 11.1 Å². The fraction of sp³-hybridized carbons (Fsp3) is 0.259. The highest BCUT2D eigenvalue weighted by Gasteiger charge is 2.19. The van der Waals surface area contributed by atoms with Gasteiger partial charge in [0.15, 0.2) is 0 Å². The maximum absolute atomic E-state index is 11.3. The highest BCUT2D eigenvalue weighted by Crippen LogP contribution is 2.34. The second-order valence-corrected chi connectivity index (χ2v) is 8.76. The molecule has 0 saturated carbocycles. The molecule has 0 unspecified atom stereocenters. The molecular weight excluding hydrogens is 396 g/mol. The van der Waals surface area contributed by atoms with E-state index in [1.165, 1.54) is 22.3 Å². The van der Waals surface area contributed by atoms with Crippen molar-refractivity contribution in [1.82, 2.24) is 14.8 Å². The molecule has 0 atom stereocenters. The van der Waals surface area contributed by atoms with Crippen molar-refractivity contribution in [2.75, 3.05) is 33.2 Å². The quantitative estimate of drug-likeness (QED) is 0.680. The number of nitrogens with two attached hydrogens (primary N) is 1. The van der Waals surface area contributed by atoms with E-state index in [2.05, 4.69) is 53.3 Å². The first-order valence-electron chi connectivity index (χ1n) is 11.2. The number of benzene rings is 2. The van der Waals surface area contributed by atoms with Crippen molar-refractivity contribution in [3.63, 3.8) is 0 Å². The monoisotopic (exact) mass is 424 g/mol. The predicted octanol–water partition coefficient (Wildman–Crippen LogP) is 3.58. The van der Waals surface area contributed by atoms with Gasteiger partial charge in [-0.1, -0.05) is 42.5 Å². The summed E-state index contributed by atoms with van der Waals surface area (Å²) < 4.78 is 0. The molecule has 5 nitrogen and oxygen atoms in total. The second-order valence-electron chi connectivity index (χ2n) is 8.76. The summed E-state index contributed by atoms with van der Waals surface area (Å²) in [6.07, 6.45) is 5.04. The number of fused-ring (bicyclic) bond motifs is 1. The number of carbonyl (C=O) groups is 1. The first-order valence-corrected chi connectivity index (χ1v) is 11.2. The van der Waals surface area contributed by atoms with Crippen LogP contribution in [0.2, 0.25) is 0 Å². The lowest BCUT2D eigenvalue weighted by atomic mass is 9.97. The Bertz CT molecular complexity index is 1160. The molecule has 1 saturated heterocycles. The molecule has 162 valence electrons. The van der Waals surface area contributed by atoms with Gasteiger partial charge in [0.25, 0.3) is 0 Å². The molecule has 5 heteroatoms. The number of nitrogens with zero attached hydrogens (tertiary/aromatic N) is 3. The third-order valence-corrected chi connectivity index (χ3v) is 6.53. The highest BCUT2D eigenvalue weighted by atomic mass is 16.1. The van der Waals surface area contributed by atoms with Crippen molar-refractivity contribution in [2.24, 2.45) is 5.73 Å². The highest BCUT2D eigenvalue weighted by molar-refractivity contribution is 5.93. The van der Waals surface area contributed by atoms with Gasteiger partial charge >= 0.3 is 0 Å². The number of rotatable bonds is 5. The minimum absolute atomic E-state index is 0.412. The second kappa shape index (κ2) is 8.69. The normalized spacial score (nSPS) is 16.6. The van der Waals surface area contributed by atoms with Crippen LogP contribution in [-0.4, -0.2) is 53.9 Å². The Labute approximate surface area is 189 Å². The number of hydrogen-bond donors (Lipinski definition) is 1. The molecule has 2 aromatic carbocycles. The zero-order chi connectivity index (χ0) is 22.1. The van der Waals surface area contributed by atoms with E-state index in [0.717, 1.165) is 56.0 Å². The number of primary amides is 1. The van der Waals surface area contributed by atoms with E-state index < -0.39 is 5.91 Å². The third kappa shape index (κ3) is 4.22. The number of aromatic nitrogens is 1. The molecular formula is C27H28N4O. The first-order chi connectivity index (χ1) is 15.6. The fourth-order valence-corrected chi connectivity index (χ4v) is 4.51. The Kier molecular flexibility index (Phi) is 5.60.